The van der Waals surface area contributed by atoms with Gasteiger partial charge in [0, 0.05) is 10.9 Å². The van der Waals surface area contributed by atoms with Crippen LogP contribution in [0.5, 0.6) is 0 Å². The summed E-state index contributed by atoms with van der Waals surface area (Å²) in [6, 6.07) is 12.9. The molecule has 34 heavy (non-hydrogen) atoms. The number of amides is 1. The average Bonchev–Trinajstić information content (AvgIpc) is 3.43. The van der Waals surface area contributed by atoms with E-state index in [0.717, 1.165) is 10.5 Å². The largest absolute Gasteiger partial charge is 0.481 e. The minimum absolute atomic E-state index is 0.00896. The molecule has 1 N–H and O–H groups in total. The average molecular weight is 482 g/mol. The van der Waals surface area contributed by atoms with Crippen LogP contribution in [0.15, 0.2) is 58.4 Å². The smallest absolute Gasteiger partial charge is 0.419 e. The summed E-state index contributed by atoms with van der Waals surface area (Å²) in [6.07, 6.45) is -0.882. The predicted molar refractivity (Wildman–Crippen MR) is 125 cm³/mol. The Labute approximate surface area is 198 Å². The van der Waals surface area contributed by atoms with Crippen molar-refractivity contribution in [2.75, 3.05) is 11.5 Å². The van der Waals surface area contributed by atoms with E-state index >= 15 is 0 Å². The molecule has 0 spiro atoms. The molecule has 4 rings (SSSR count). The van der Waals surface area contributed by atoms with Crippen molar-refractivity contribution in [3.8, 4) is 22.0 Å². The minimum Gasteiger partial charge on any atom is -0.481 e. The molecule has 0 aliphatic rings. The van der Waals surface area contributed by atoms with Gasteiger partial charge < -0.3 is 14.4 Å². The first-order valence-corrected chi connectivity index (χ1v) is 11.2. The lowest BCUT2D eigenvalue weighted by Crippen LogP contribution is -2.28. The number of aliphatic carboxylic acids is 1. The van der Waals surface area contributed by atoms with Crippen LogP contribution in [0.1, 0.15) is 18.2 Å². The third-order valence-corrected chi connectivity index (χ3v) is 5.77. The fourth-order valence-corrected chi connectivity index (χ4v) is 4.24. The number of aromatic nitrogens is 2. The number of hydrogen-bond acceptors (Lipinski definition) is 7. The molecule has 2 heterocycles. The number of hydrogen-bond donors (Lipinski definition) is 1. The topological polar surface area (TPSA) is 106 Å². The number of benzene rings is 2. The van der Waals surface area contributed by atoms with Crippen LogP contribution in [0.3, 0.4) is 0 Å². The number of thiazole rings is 1. The summed E-state index contributed by atoms with van der Waals surface area (Å²) in [7, 11) is 0. The van der Waals surface area contributed by atoms with Gasteiger partial charge in [-0.05, 0) is 37.6 Å². The maximum atomic E-state index is 14.7. The van der Waals surface area contributed by atoms with Gasteiger partial charge >= 0.3 is 12.1 Å². The molecule has 0 radical (unpaired) electrons. The van der Waals surface area contributed by atoms with Gasteiger partial charge in [0.2, 0.25) is 0 Å². The number of carboxylic acids is 1. The minimum atomic E-state index is -0.924. The first kappa shape index (κ1) is 23.1. The molecule has 0 atom stereocenters. The molecule has 0 fully saturated rings. The number of carbonyl (C=O) groups excluding carboxylic acids is 1. The van der Waals surface area contributed by atoms with Crippen LogP contribution in [0.25, 0.3) is 22.0 Å². The Morgan fingerprint density at radius 2 is 2.00 bits per heavy atom. The van der Waals surface area contributed by atoms with Crippen molar-refractivity contribution >= 4 is 34.8 Å². The Bertz CT molecular complexity index is 1350. The van der Waals surface area contributed by atoms with Crippen LogP contribution in [-0.4, -0.2) is 33.9 Å². The van der Waals surface area contributed by atoms with Gasteiger partial charge in [-0.25, -0.2) is 19.1 Å². The molecule has 0 saturated carbocycles. The monoisotopic (exact) mass is 481 g/mol. The Kier molecular flexibility index (Phi) is 6.69. The zero-order chi connectivity index (χ0) is 24.2. The third-order valence-electron chi connectivity index (χ3n) is 4.88. The summed E-state index contributed by atoms with van der Waals surface area (Å²) in [5.41, 5.74) is 2.27. The van der Waals surface area contributed by atoms with Crippen LogP contribution in [0, 0.1) is 12.7 Å². The Balaban J connectivity index is 1.77. The molecule has 8 nitrogen and oxygen atoms in total. The van der Waals surface area contributed by atoms with Gasteiger partial charge in [-0.1, -0.05) is 35.5 Å². The van der Waals surface area contributed by atoms with Gasteiger partial charge in [-0.15, -0.1) is 11.3 Å². The number of halogens is 1. The number of para-hydroxylation sites is 1. The van der Waals surface area contributed by atoms with Crippen molar-refractivity contribution in [1.29, 1.82) is 0 Å². The fraction of sp³-hybridized carbons (Fsp3) is 0.167. The number of anilines is 2. The van der Waals surface area contributed by atoms with Crippen molar-refractivity contribution < 1.29 is 28.3 Å². The van der Waals surface area contributed by atoms with Gasteiger partial charge in [0.15, 0.2) is 11.5 Å². The van der Waals surface area contributed by atoms with Crippen molar-refractivity contribution in [2.24, 2.45) is 0 Å². The SMILES string of the molecule is CCOC(=O)N(c1ccccc1F)c1c(-c2csc(-c3cccc(CC(=O)O)c3)n2)noc1C. The second kappa shape index (κ2) is 9.84. The normalized spacial score (nSPS) is 10.8. The maximum absolute atomic E-state index is 14.7. The number of nitrogens with zero attached hydrogens (tertiary/aromatic N) is 3. The number of carboxylic acid groups (broad SMARTS) is 1. The molecule has 0 unspecified atom stereocenters. The van der Waals surface area contributed by atoms with E-state index < -0.39 is 17.9 Å². The van der Waals surface area contributed by atoms with Crippen molar-refractivity contribution in [3.63, 3.8) is 0 Å². The van der Waals surface area contributed by atoms with Crippen LogP contribution in [0.2, 0.25) is 0 Å². The Morgan fingerprint density at radius 1 is 1.21 bits per heavy atom. The van der Waals surface area contributed by atoms with E-state index in [9.17, 15) is 14.0 Å². The standard InChI is InChI=1S/C24H20FN3O5S/c1-3-32-24(31)28(19-10-5-4-9-17(19)25)22-14(2)33-27-21(22)18-13-34-23(26-18)16-8-6-7-15(11-16)12-20(29)30/h4-11,13H,3,12H2,1-2H3,(H,29,30). The molecule has 2 aromatic heterocycles. The van der Waals surface area contributed by atoms with Gasteiger partial charge in [-0.3, -0.25) is 4.79 Å². The highest BCUT2D eigenvalue weighted by Crippen LogP contribution is 2.40. The summed E-state index contributed by atoms with van der Waals surface area (Å²) in [5.74, 6) is -1.26. The Hall–Kier alpha value is -4.05. The number of aryl methyl sites for hydroxylation is 1. The lowest BCUT2D eigenvalue weighted by atomic mass is 10.1. The van der Waals surface area contributed by atoms with Gasteiger partial charge in [0.1, 0.15) is 22.2 Å². The molecule has 4 aromatic rings. The molecule has 10 heteroatoms. The van der Waals surface area contributed by atoms with E-state index in [-0.39, 0.29) is 35.9 Å². The van der Waals surface area contributed by atoms with Crippen LogP contribution in [-0.2, 0) is 16.0 Å². The number of ether oxygens (including phenoxy) is 1. The van der Waals surface area contributed by atoms with Crippen LogP contribution < -0.4 is 4.90 Å². The lowest BCUT2D eigenvalue weighted by Gasteiger charge is -2.22. The summed E-state index contributed by atoms with van der Waals surface area (Å²) < 4.78 is 25.3. The fourth-order valence-electron chi connectivity index (χ4n) is 3.43. The zero-order valence-electron chi connectivity index (χ0n) is 18.3. The Morgan fingerprint density at radius 3 is 2.74 bits per heavy atom. The van der Waals surface area contributed by atoms with Crippen molar-refractivity contribution in [3.05, 3.63) is 71.1 Å². The van der Waals surface area contributed by atoms with Gasteiger partial charge in [0.25, 0.3) is 0 Å². The van der Waals surface area contributed by atoms with Crippen LogP contribution in [0.4, 0.5) is 20.6 Å². The van der Waals surface area contributed by atoms with E-state index in [0.29, 0.717) is 16.3 Å². The third kappa shape index (κ3) is 4.67. The van der Waals surface area contributed by atoms with E-state index in [2.05, 4.69) is 10.1 Å². The highest BCUT2D eigenvalue weighted by Gasteiger charge is 2.31. The molecule has 0 aliphatic heterocycles. The van der Waals surface area contributed by atoms with Crippen LogP contribution >= 0.6 is 11.3 Å². The zero-order valence-corrected chi connectivity index (χ0v) is 19.1. The summed E-state index contributed by atoms with van der Waals surface area (Å²) >= 11 is 1.32. The first-order valence-electron chi connectivity index (χ1n) is 10.3. The summed E-state index contributed by atoms with van der Waals surface area (Å²) in [6.45, 7) is 3.36. The van der Waals surface area contributed by atoms with Gasteiger partial charge in [-0.2, -0.15) is 0 Å². The van der Waals surface area contributed by atoms with Gasteiger partial charge in [0.05, 0.1) is 18.7 Å². The second-order valence-corrected chi connectivity index (χ2v) is 8.09. The van der Waals surface area contributed by atoms with E-state index in [1.165, 1.54) is 29.5 Å². The van der Waals surface area contributed by atoms with E-state index in [4.69, 9.17) is 14.4 Å². The number of carbonyl (C=O) groups is 2. The van der Waals surface area contributed by atoms with E-state index in [1.54, 1.807) is 43.5 Å². The molecule has 1 amide bonds. The highest BCUT2D eigenvalue weighted by atomic mass is 32.1. The molecular weight excluding hydrogens is 461 g/mol. The molecule has 174 valence electrons. The molecule has 0 saturated heterocycles. The molecular formula is C24H20FN3O5S. The summed E-state index contributed by atoms with van der Waals surface area (Å²) in [5, 5.41) is 15.5. The summed E-state index contributed by atoms with van der Waals surface area (Å²) in [4.78, 5) is 29.6. The maximum Gasteiger partial charge on any atom is 0.419 e. The molecule has 2 aromatic carbocycles. The van der Waals surface area contributed by atoms with Crippen molar-refractivity contribution in [2.45, 2.75) is 20.3 Å². The first-order chi connectivity index (χ1) is 16.4. The predicted octanol–water partition coefficient (Wildman–Crippen LogP) is 5.83. The second-order valence-electron chi connectivity index (χ2n) is 7.23. The quantitative estimate of drug-likeness (QED) is 0.354. The molecule has 0 bridgehead atoms. The molecule has 0 aliphatic carbocycles. The van der Waals surface area contributed by atoms with E-state index in [1.807, 2.05) is 6.07 Å². The number of rotatable bonds is 7. The lowest BCUT2D eigenvalue weighted by molar-refractivity contribution is -0.136. The van der Waals surface area contributed by atoms with Crippen molar-refractivity contribution in [1.82, 2.24) is 10.1 Å². The highest BCUT2D eigenvalue weighted by molar-refractivity contribution is 7.13.